The lowest BCUT2D eigenvalue weighted by molar-refractivity contribution is 0.164. The van der Waals surface area contributed by atoms with Gasteiger partial charge in [-0.05, 0) is 152 Å². The van der Waals surface area contributed by atoms with E-state index in [0.717, 1.165) is 56.8 Å². The van der Waals surface area contributed by atoms with Gasteiger partial charge < -0.3 is 4.74 Å². The summed E-state index contributed by atoms with van der Waals surface area (Å²) < 4.78 is 105. The van der Waals surface area contributed by atoms with Crippen molar-refractivity contribution in [2.75, 3.05) is 57.9 Å². The summed E-state index contributed by atoms with van der Waals surface area (Å²) in [6, 6.07) is 70.6. The van der Waals surface area contributed by atoms with Crippen LogP contribution in [0.5, 0.6) is 5.75 Å². The Morgan fingerprint density at radius 2 is 0.610 bits per heavy atom. The number of unbranched alkanes of at least 4 members (excludes halogenated alkanes) is 25. The lowest BCUT2D eigenvalue weighted by atomic mass is 9.70. The summed E-state index contributed by atoms with van der Waals surface area (Å²) in [7, 11) is -12.6. The van der Waals surface area contributed by atoms with Gasteiger partial charge in [0.15, 0.2) is 0 Å². The second-order valence-electron chi connectivity index (χ2n) is 38.2. The summed E-state index contributed by atoms with van der Waals surface area (Å²) in [5.41, 5.74) is 19.8. The Labute approximate surface area is 872 Å². The molecule has 0 bridgehead atoms. The van der Waals surface area contributed by atoms with Gasteiger partial charge >= 0.3 is 0 Å². The Kier molecular flexibility index (Phi) is 91.8. The summed E-state index contributed by atoms with van der Waals surface area (Å²) in [5.74, 6) is 1.32. The smallest absolute Gasteiger partial charge is 0.264 e. The Hall–Kier alpha value is -6.80. The number of hydrogen-bond acceptors (Lipinski definition) is 12. The molecule has 1 saturated carbocycles. The standard InChI is InChI=1S/C39H62.C18H30O.C8H10.C7H14O3S.4C7H8.C6H14O3S.C5H13NO2S.C5H12O3S.4C2H6/c1-5-7-9-11-13-15-17-19-21-23-29-39(30-24-22-20-18-16-14-12-10-8-6-2)37-31-33(3)25-27-35(37)36-28-26-34(4)32-38(36)39;1-4-5-6-7-8-9-10-11-14-19-18-15-16(2)12-13-17(18)3;1-7-3-5-8(2)6-4-7;1-11(8,9)10-7-5-3-2-4-6-7;4*1-7-5-3-2-4-6-7;1-6(2,3)5-9-10(4,7)8;1-4-6(5-2)9(3,7)8;1-5(2)4-8-9(3,6)7;4*1-2/h25-28,31-32H,5-24,29-30H2,1-4H3;12-13,15H,4-11,14H2,1-3H3;3-6H,1-2H3;7H,2-6H2,1H3;4*2-6H,1H3;5H2,1-4H3;4-5H2,1-3H3;5H,4H2,1-3H3;4*1-2H3. The zero-order chi connectivity index (χ0) is 108. The van der Waals surface area contributed by atoms with Crippen molar-refractivity contribution in [1.29, 1.82) is 0 Å². The summed E-state index contributed by atoms with van der Waals surface area (Å²) in [6.07, 6.45) is 51.4. The monoisotopic (exact) mass is 2030 g/mol. The number of hydrogen-bond donors (Lipinski definition) is 0. The number of fused-ring (bicyclic) bond motifs is 3. The van der Waals surface area contributed by atoms with E-state index >= 15 is 0 Å². The minimum absolute atomic E-state index is 0.0428. The van der Waals surface area contributed by atoms with E-state index < -0.39 is 40.4 Å². The predicted molar refractivity (Wildman–Crippen MR) is 622 cm³/mol. The molecule has 13 nitrogen and oxygen atoms in total. The number of aryl methyl sites for hydroxylation is 10. The molecule has 0 atom stereocenters. The quantitative estimate of drug-likeness (QED) is 0.0262. The van der Waals surface area contributed by atoms with Crippen LogP contribution < -0.4 is 4.74 Å². The Bertz CT molecular complexity index is 4380. The van der Waals surface area contributed by atoms with Gasteiger partial charge in [-0.3, -0.25) is 12.5 Å². The highest BCUT2D eigenvalue weighted by Crippen LogP contribution is 2.55. The first-order valence-electron chi connectivity index (χ1n) is 54.5. The third-order valence-corrected chi connectivity index (χ3v) is 25.7. The average molecular weight is 2040 g/mol. The third kappa shape index (κ3) is 86.1. The van der Waals surface area contributed by atoms with Crippen molar-refractivity contribution >= 4 is 40.4 Å². The van der Waals surface area contributed by atoms with Crippen LogP contribution in [0.3, 0.4) is 0 Å². The molecule has 0 saturated heterocycles. The van der Waals surface area contributed by atoms with Gasteiger partial charge in [-0.25, -0.2) is 12.7 Å². The zero-order valence-electron chi connectivity index (χ0n) is 96.0. The molecule has 808 valence electrons. The second kappa shape index (κ2) is 90.7. The van der Waals surface area contributed by atoms with E-state index in [1.54, 1.807) is 11.1 Å². The Morgan fingerprint density at radius 3 is 0.851 bits per heavy atom. The van der Waals surface area contributed by atoms with Crippen LogP contribution in [0.25, 0.3) is 11.1 Å². The maximum Gasteiger partial charge on any atom is 0.264 e. The number of ether oxygens (including phenoxy) is 1. The SMILES string of the molecule is CC.CC.CC.CC.CC(C)(C)COS(C)(=O)=O.CC(C)COS(C)(=O)=O.CCCCCCCCCCCCC1(CCCCCCCCCCCC)c2cc(C)ccc2-c2ccc(C)cc21.CCCCCCCCCCOc1cc(C)ccc1C.CCN(CC)S(C)(=O)=O.CS(=O)(=O)OC1CCCCC1.Cc1ccc(C)cc1.Cc1ccccc1.Cc1ccccc1.Cc1ccccc1.Cc1ccccc1. The lowest BCUT2D eigenvalue weighted by Crippen LogP contribution is -2.29. The van der Waals surface area contributed by atoms with Crippen molar-refractivity contribution in [3.05, 3.63) is 267 Å². The van der Waals surface area contributed by atoms with Gasteiger partial charge in [-0.2, -0.15) is 25.3 Å². The summed E-state index contributed by atoms with van der Waals surface area (Å²) in [6.45, 7) is 59.9. The topological polar surface area (TPSA) is 177 Å². The molecule has 0 N–H and O–H groups in total. The summed E-state index contributed by atoms with van der Waals surface area (Å²) >= 11 is 0. The normalized spacial score (nSPS) is 11.9. The van der Waals surface area contributed by atoms with Gasteiger partial charge in [0.1, 0.15) is 5.75 Å². The van der Waals surface area contributed by atoms with Crippen LogP contribution in [0.2, 0.25) is 0 Å². The highest BCUT2D eigenvalue weighted by Gasteiger charge is 2.42. The van der Waals surface area contributed by atoms with Crippen molar-refractivity contribution in [3.63, 3.8) is 0 Å². The molecule has 141 heavy (non-hydrogen) atoms. The fourth-order valence-corrected chi connectivity index (χ4v) is 17.6. The zero-order valence-corrected chi connectivity index (χ0v) is 99.2. The molecule has 10 rings (SSSR count). The molecule has 0 aliphatic heterocycles. The molecule has 0 heterocycles. The van der Waals surface area contributed by atoms with Crippen LogP contribution in [0.4, 0.5) is 0 Å². The molecule has 8 aromatic rings. The second-order valence-corrected chi connectivity index (χ2v) is 45.1. The molecule has 8 aromatic carbocycles. The van der Waals surface area contributed by atoms with Gasteiger partial charge in [0, 0.05) is 18.5 Å². The van der Waals surface area contributed by atoms with Crippen molar-refractivity contribution in [3.8, 4) is 16.9 Å². The first-order chi connectivity index (χ1) is 66.9. The average Bonchev–Trinajstić information content (AvgIpc) is 1.56. The van der Waals surface area contributed by atoms with Crippen LogP contribution in [-0.2, 0) is 58.3 Å². The van der Waals surface area contributed by atoms with Crippen LogP contribution in [0.15, 0.2) is 200 Å². The Morgan fingerprint density at radius 1 is 0.333 bits per heavy atom. The number of nitrogens with zero attached hydrogens (tertiary/aromatic N) is 1. The molecular formula is C124H211NO12S4. The predicted octanol–water partition coefficient (Wildman–Crippen LogP) is 36.6. The molecule has 2 aliphatic rings. The first-order valence-corrected chi connectivity index (χ1v) is 61.8. The van der Waals surface area contributed by atoms with E-state index in [0.29, 0.717) is 13.1 Å². The van der Waals surface area contributed by atoms with E-state index in [9.17, 15) is 33.7 Å². The highest BCUT2D eigenvalue weighted by molar-refractivity contribution is 7.88. The molecule has 0 amide bonds. The van der Waals surface area contributed by atoms with Crippen molar-refractivity contribution in [2.24, 2.45) is 11.3 Å². The maximum absolute atomic E-state index is 10.7. The largest absolute Gasteiger partial charge is 0.493 e. The van der Waals surface area contributed by atoms with Gasteiger partial charge in [0.25, 0.3) is 30.4 Å². The van der Waals surface area contributed by atoms with E-state index in [4.69, 9.17) is 8.92 Å². The minimum Gasteiger partial charge on any atom is -0.493 e. The minimum atomic E-state index is -3.26. The van der Waals surface area contributed by atoms with Gasteiger partial charge in [-0.15, -0.1) is 0 Å². The van der Waals surface area contributed by atoms with E-state index in [1.807, 2.05) is 177 Å². The van der Waals surface area contributed by atoms with Crippen molar-refractivity contribution in [2.45, 2.75) is 430 Å². The van der Waals surface area contributed by atoms with E-state index in [-0.39, 0.29) is 36.1 Å². The lowest BCUT2D eigenvalue weighted by Gasteiger charge is -2.33. The van der Waals surface area contributed by atoms with Gasteiger partial charge in [-0.1, -0.05) is 556 Å². The Balaban J connectivity index is -0.000000512. The number of rotatable bonds is 42. The van der Waals surface area contributed by atoms with Crippen LogP contribution in [0.1, 0.15) is 416 Å². The van der Waals surface area contributed by atoms with E-state index in [1.165, 1.54) is 276 Å². The highest BCUT2D eigenvalue weighted by atomic mass is 32.2. The van der Waals surface area contributed by atoms with Crippen molar-refractivity contribution < 1.29 is 51.0 Å². The van der Waals surface area contributed by atoms with Gasteiger partial charge in [0.2, 0.25) is 10.0 Å². The molecule has 0 spiro atoms. The fourth-order valence-electron chi connectivity index (χ4n) is 14.9. The summed E-state index contributed by atoms with van der Waals surface area (Å²) in [4.78, 5) is 0. The number of sulfonamides is 1. The first kappa shape index (κ1) is 143. The number of benzene rings is 8. The van der Waals surface area contributed by atoms with Crippen LogP contribution in [-0.4, -0.2) is 102 Å². The third-order valence-electron chi connectivity index (χ3n) is 22.5. The molecular weight excluding hydrogens is 1820 g/mol. The molecule has 17 heteroatoms. The fraction of sp³-hybridized carbons (Fsp3) is 0.613. The van der Waals surface area contributed by atoms with E-state index in [2.05, 4.69) is 226 Å². The maximum atomic E-state index is 10.7. The van der Waals surface area contributed by atoms with Crippen molar-refractivity contribution in [1.82, 2.24) is 4.31 Å². The molecule has 0 radical (unpaired) electrons. The van der Waals surface area contributed by atoms with Crippen LogP contribution in [0, 0.1) is 80.6 Å². The molecule has 0 aromatic heterocycles. The molecule has 2 aliphatic carbocycles. The van der Waals surface area contributed by atoms with Gasteiger partial charge in [0.05, 0.1) is 50.9 Å². The van der Waals surface area contributed by atoms with Crippen LogP contribution >= 0.6 is 0 Å². The summed E-state index contributed by atoms with van der Waals surface area (Å²) in [5, 5.41) is 0. The molecule has 0 unspecified atom stereocenters. The molecule has 1 fully saturated rings.